The molecule has 2 atom stereocenters. The molecule has 1 aromatic rings. The fourth-order valence-electron chi connectivity index (χ4n) is 2.69. The van der Waals surface area contributed by atoms with E-state index in [4.69, 9.17) is 11.6 Å². The third-order valence-electron chi connectivity index (χ3n) is 3.91. The lowest BCUT2D eigenvalue weighted by Crippen LogP contribution is -2.33. The molecule has 1 nitrogen and oxygen atoms in total. The fraction of sp³-hybridized carbons (Fsp3) is 0.600. The van der Waals surface area contributed by atoms with Crippen LogP contribution in [0.1, 0.15) is 44.6 Å². The maximum absolute atomic E-state index is 13.3. The summed E-state index contributed by atoms with van der Waals surface area (Å²) in [4.78, 5) is 0. The third-order valence-corrected chi connectivity index (χ3v) is 4.22. The zero-order chi connectivity index (χ0) is 13.0. The molecular weight excluding hydrogens is 249 g/mol. The summed E-state index contributed by atoms with van der Waals surface area (Å²) < 4.78 is 13.3. The standard InChI is InChI=1S/C15H21ClFN/c1-11-5-3-2-4-6-15(11)18-10-12-7-8-13(16)14(17)9-12/h7-9,11,15,18H,2-6,10H2,1H3. The average Bonchev–Trinajstić information content (AvgIpc) is 2.56. The molecule has 0 aliphatic heterocycles. The van der Waals surface area contributed by atoms with E-state index in [9.17, 15) is 4.39 Å². The topological polar surface area (TPSA) is 12.0 Å². The molecule has 18 heavy (non-hydrogen) atoms. The van der Waals surface area contributed by atoms with Gasteiger partial charge in [0.1, 0.15) is 5.82 Å². The molecule has 0 aromatic heterocycles. The normalized spacial score (nSPS) is 24.8. The van der Waals surface area contributed by atoms with Gasteiger partial charge in [-0.05, 0) is 36.5 Å². The van der Waals surface area contributed by atoms with Crippen LogP contribution in [0.15, 0.2) is 18.2 Å². The number of hydrogen-bond acceptors (Lipinski definition) is 1. The maximum Gasteiger partial charge on any atom is 0.142 e. The summed E-state index contributed by atoms with van der Waals surface area (Å²) in [5, 5.41) is 3.76. The monoisotopic (exact) mass is 269 g/mol. The van der Waals surface area contributed by atoms with E-state index in [0.29, 0.717) is 12.0 Å². The van der Waals surface area contributed by atoms with E-state index < -0.39 is 0 Å². The molecule has 0 spiro atoms. The Bertz CT molecular complexity index is 394. The highest BCUT2D eigenvalue weighted by Gasteiger charge is 2.19. The van der Waals surface area contributed by atoms with Gasteiger partial charge in [-0.3, -0.25) is 0 Å². The first-order valence-corrected chi connectivity index (χ1v) is 7.22. The molecule has 1 aliphatic rings. The van der Waals surface area contributed by atoms with Gasteiger partial charge in [0, 0.05) is 12.6 Å². The van der Waals surface area contributed by atoms with Gasteiger partial charge in [-0.2, -0.15) is 0 Å². The predicted octanol–water partition coefficient (Wildman–Crippen LogP) is 4.54. The Morgan fingerprint density at radius 1 is 1.28 bits per heavy atom. The van der Waals surface area contributed by atoms with Crippen molar-refractivity contribution < 1.29 is 4.39 Å². The number of hydrogen-bond donors (Lipinski definition) is 1. The molecule has 2 unspecified atom stereocenters. The Balaban J connectivity index is 1.91. The third kappa shape index (κ3) is 3.69. The highest BCUT2D eigenvalue weighted by molar-refractivity contribution is 6.30. The molecule has 0 radical (unpaired) electrons. The van der Waals surface area contributed by atoms with Crippen LogP contribution in [0.5, 0.6) is 0 Å². The van der Waals surface area contributed by atoms with Crippen LogP contribution in [0.25, 0.3) is 0 Å². The van der Waals surface area contributed by atoms with E-state index >= 15 is 0 Å². The molecule has 1 N–H and O–H groups in total. The van der Waals surface area contributed by atoms with Crippen LogP contribution in [-0.2, 0) is 6.54 Å². The van der Waals surface area contributed by atoms with E-state index in [1.165, 1.54) is 38.2 Å². The Labute approximate surface area is 114 Å². The quantitative estimate of drug-likeness (QED) is 0.795. The summed E-state index contributed by atoms with van der Waals surface area (Å²) in [6, 6.07) is 5.60. The van der Waals surface area contributed by atoms with E-state index in [0.717, 1.165) is 12.1 Å². The van der Waals surface area contributed by atoms with Crippen molar-refractivity contribution >= 4 is 11.6 Å². The highest BCUT2D eigenvalue weighted by atomic mass is 35.5. The summed E-state index contributed by atoms with van der Waals surface area (Å²) in [5.41, 5.74) is 0.966. The van der Waals surface area contributed by atoms with Gasteiger partial charge in [-0.25, -0.2) is 4.39 Å². The van der Waals surface area contributed by atoms with E-state index in [1.807, 2.05) is 6.07 Å². The molecule has 1 aromatic carbocycles. The molecule has 2 rings (SSSR count). The van der Waals surface area contributed by atoms with Gasteiger partial charge in [0.15, 0.2) is 0 Å². The smallest absolute Gasteiger partial charge is 0.142 e. The number of benzene rings is 1. The van der Waals surface area contributed by atoms with Gasteiger partial charge in [0.25, 0.3) is 0 Å². The number of rotatable bonds is 3. The van der Waals surface area contributed by atoms with Crippen LogP contribution in [0.4, 0.5) is 4.39 Å². The van der Waals surface area contributed by atoms with Crippen LogP contribution in [-0.4, -0.2) is 6.04 Å². The van der Waals surface area contributed by atoms with Crippen LogP contribution in [0.2, 0.25) is 5.02 Å². The van der Waals surface area contributed by atoms with Gasteiger partial charge in [-0.15, -0.1) is 0 Å². The Morgan fingerprint density at radius 3 is 2.83 bits per heavy atom. The van der Waals surface area contributed by atoms with Crippen molar-refractivity contribution in [2.24, 2.45) is 5.92 Å². The maximum atomic E-state index is 13.3. The lowest BCUT2D eigenvalue weighted by atomic mass is 9.97. The summed E-state index contributed by atoms with van der Waals surface area (Å²) in [6.45, 7) is 3.04. The fourth-order valence-corrected chi connectivity index (χ4v) is 2.81. The van der Waals surface area contributed by atoms with Gasteiger partial charge in [-0.1, -0.05) is 43.9 Å². The minimum Gasteiger partial charge on any atom is -0.310 e. The molecule has 0 saturated heterocycles. The minimum absolute atomic E-state index is 0.196. The molecule has 1 aliphatic carbocycles. The van der Waals surface area contributed by atoms with Crippen LogP contribution >= 0.6 is 11.6 Å². The van der Waals surface area contributed by atoms with E-state index in [2.05, 4.69) is 12.2 Å². The second-order valence-corrected chi connectivity index (χ2v) is 5.76. The van der Waals surface area contributed by atoms with Crippen molar-refractivity contribution in [3.63, 3.8) is 0 Å². The van der Waals surface area contributed by atoms with Crippen molar-refractivity contribution in [1.82, 2.24) is 5.32 Å². The summed E-state index contributed by atoms with van der Waals surface area (Å²) in [6.07, 6.45) is 6.52. The molecule has 0 amide bonds. The summed E-state index contributed by atoms with van der Waals surface area (Å²) in [5.74, 6) is 0.384. The van der Waals surface area contributed by atoms with Gasteiger partial charge in [0.2, 0.25) is 0 Å². The first-order chi connectivity index (χ1) is 8.66. The molecule has 3 heteroatoms. The Kier molecular flexibility index (Phi) is 5.02. The van der Waals surface area contributed by atoms with Gasteiger partial charge in [0.05, 0.1) is 5.02 Å². The second kappa shape index (κ2) is 6.53. The average molecular weight is 270 g/mol. The van der Waals surface area contributed by atoms with Gasteiger partial charge >= 0.3 is 0 Å². The summed E-state index contributed by atoms with van der Waals surface area (Å²) in [7, 11) is 0. The molecule has 0 bridgehead atoms. The molecular formula is C15H21ClFN. The lowest BCUT2D eigenvalue weighted by molar-refractivity contribution is 0.356. The predicted molar refractivity (Wildman–Crippen MR) is 74.3 cm³/mol. The van der Waals surface area contributed by atoms with Crippen molar-refractivity contribution in [1.29, 1.82) is 0 Å². The molecule has 100 valence electrons. The van der Waals surface area contributed by atoms with Crippen LogP contribution < -0.4 is 5.32 Å². The van der Waals surface area contributed by atoms with Crippen molar-refractivity contribution in [3.8, 4) is 0 Å². The van der Waals surface area contributed by atoms with Crippen molar-refractivity contribution in [2.45, 2.75) is 51.6 Å². The SMILES string of the molecule is CC1CCCCCC1NCc1ccc(Cl)c(F)c1. The van der Waals surface area contributed by atoms with E-state index in [1.54, 1.807) is 6.07 Å². The largest absolute Gasteiger partial charge is 0.310 e. The van der Waals surface area contributed by atoms with Crippen molar-refractivity contribution in [3.05, 3.63) is 34.6 Å². The second-order valence-electron chi connectivity index (χ2n) is 5.35. The highest BCUT2D eigenvalue weighted by Crippen LogP contribution is 2.23. The molecule has 1 saturated carbocycles. The Hall–Kier alpha value is -0.600. The van der Waals surface area contributed by atoms with Crippen molar-refractivity contribution in [2.75, 3.05) is 0 Å². The number of halogens is 2. The minimum atomic E-state index is -0.329. The van der Waals surface area contributed by atoms with Crippen LogP contribution in [0, 0.1) is 11.7 Å². The summed E-state index contributed by atoms with van der Waals surface area (Å²) >= 11 is 5.68. The lowest BCUT2D eigenvalue weighted by Gasteiger charge is -2.23. The van der Waals surface area contributed by atoms with E-state index in [-0.39, 0.29) is 10.8 Å². The molecule has 0 heterocycles. The number of nitrogens with one attached hydrogen (secondary N) is 1. The van der Waals surface area contributed by atoms with Gasteiger partial charge < -0.3 is 5.32 Å². The first kappa shape index (κ1) is 13.8. The van der Waals surface area contributed by atoms with Crippen LogP contribution in [0.3, 0.4) is 0 Å². The first-order valence-electron chi connectivity index (χ1n) is 6.84. The molecule has 1 fully saturated rings. The Morgan fingerprint density at radius 2 is 2.06 bits per heavy atom. The zero-order valence-electron chi connectivity index (χ0n) is 10.9. The zero-order valence-corrected chi connectivity index (χ0v) is 11.6.